The molecule has 10 nitrogen and oxygen atoms in total. The van der Waals surface area contributed by atoms with Crippen molar-refractivity contribution >= 4 is 58.4 Å². The third kappa shape index (κ3) is 8.10. The van der Waals surface area contributed by atoms with E-state index in [9.17, 15) is 9.59 Å². The van der Waals surface area contributed by atoms with Gasteiger partial charge in [-0.25, -0.2) is 25.0 Å². The second-order valence-electron chi connectivity index (χ2n) is 9.13. The lowest BCUT2D eigenvalue weighted by molar-refractivity contribution is 0.0565. The van der Waals surface area contributed by atoms with Crippen LogP contribution in [0.5, 0.6) is 0 Å². The van der Waals surface area contributed by atoms with Crippen LogP contribution >= 0.6 is 23.2 Å². The lowest BCUT2D eigenvalue weighted by Crippen LogP contribution is -2.50. The molecule has 0 aliphatic carbocycles. The van der Waals surface area contributed by atoms with Gasteiger partial charge in [0.25, 0.3) is 0 Å². The van der Waals surface area contributed by atoms with Crippen LogP contribution in [0.4, 0.5) is 26.9 Å². The number of halogens is 2. The van der Waals surface area contributed by atoms with E-state index >= 15 is 0 Å². The van der Waals surface area contributed by atoms with Crippen molar-refractivity contribution in [3.8, 4) is 0 Å². The van der Waals surface area contributed by atoms with Crippen LogP contribution in [0, 0.1) is 5.41 Å². The Labute approximate surface area is 220 Å². The number of amides is 3. The number of pyridine rings is 2. The van der Waals surface area contributed by atoms with Gasteiger partial charge < -0.3 is 20.8 Å². The summed E-state index contributed by atoms with van der Waals surface area (Å²) in [6.07, 6.45) is 0.786. The first-order valence-electron chi connectivity index (χ1n) is 11.1. The van der Waals surface area contributed by atoms with Gasteiger partial charge in [0.05, 0.1) is 0 Å². The van der Waals surface area contributed by atoms with Crippen molar-refractivity contribution in [3.63, 3.8) is 0 Å². The van der Waals surface area contributed by atoms with E-state index in [1.54, 1.807) is 39.8 Å². The molecule has 0 unspecified atom stereocenters. The Morgan fingerprint density at radius 1 is 1.19 bits per heavy atom. The molecule has 0 aliphatic heterocycles. The van der Waals surface area contributed by atoms with E-state index in [1.165, 1.54) is 12.1 Å². The molecule has 36 heavy (non-hydrogen) atoms. The monoisotopic (exact) mass is 535 g/mol. The Bertz CT molecular complexity index is 1140. The number of hydrogen-bond acceptors (Lipinski definition) is 7. The highest BCUT2D eigenvalue weighted by atomic mass is 35.5. The number of anilines is 3. The maximum Gasteiger partial charge on any atom is 0.435 e. The first-order chi connectivity index (χ1) is 16.7. The molecule has 0 aliphatic rings. The summed E-state index contributed by atoms with van der Waals surface area (Å²) in [5.41, 5.74) is 3.54. The molecule has 0 fully saturated rings. The van der Waals surface area contributed by atoms with Crippen molar-refractivity contribution < 1.29 is 14.3 Å². The maximum absolute atomic E-state index is 13.2. The largest absolute Gasteiger partial charge is 0.442 e. The molecule has 0 radical (unpaired) electrons. The predicted molar refractivity (Wildman–Crippen MR) is 145 cm³/mol. The van der Waals surface area contributed by atoms with Crippen molar-refractivity contribution in [2.24, 2.45) is 0 Å². The van der Waals surface area contributed by atoms with Crippen molar-refractivity contribution in [3.05, 3.63) is 52.3 Å². The lowest BCUT2D eigenvalue weighted by atomic mass is 9.95. The fourth-order valence-electron chi connectivity index (χ4n) is 3.11. The summed E-state index contributed by atoms with van der Waals surface area (Å²) in [5, 5.41) is 15.0. The number of urea groups is 1. The number of rotatable bonds is 7. The number of carbonyl (C=O) groups is 2. The Balaban J connectivity index is 2.56. The van der Waals surface area contributed by atoms with E-state index in [2.05, 4.69) is 32.6 Å². The molecule has 2 aromatic heterocycles. The number of carbonyl (C=O) groups excluding carboxylic acids is 2. The van der Waals surface area contributed by atoms with Gasteiger partial charge in [-0.2, -0.15) is 5.01 Å². The third-order valence-corrected chi connectivity index (χ3v) is 4.87. The average Bonchev–Trinajstić information content (AvgIpc) is 2.73. The van der Waals surface area contributed by atoms with E-state index in [4.69, 9.17) is 33.3 Å². The van der Waals surface area contributed by atoms with Crippen LogP contribution in [-0.2, 0) is 4.74 Å². The summed E-state index contributed by atoms with van der Waals surface area (Å²) in [4.78, 5) is 34.4. The van der Waals surface area contributed by atoms with Gasteiger partial charge in [0.1, 0.15) is 21.7 Å². The number of ether oxygens (including phenoxy) is 1. The number of nitrogens with zero attached hydrogens (tertiary/aromatic N) is 3. The van der Waals surface area contributed by atoms with Crippen molar-refractivity contribution in [1.29, 1.82) is 5.41 Å². The van der Waals surface area contributed by atoms with E-state index < -0.39 is 17.7 Å². The fraction of sp³-hybridized carbons (Fsp3) is 0.375. The highest BCUT2D eigenvalue weighted by Gasteiger charge is 2.28. The molecule has 194 valence electrons. The number of hydrazine groups is 1. The molecule has 2 aromatic rings. The number of aromatic nitrogens is 2. The molecule has 2 heterocycles. The molecule has 0 saturated heterocycles. The highest BCUT2D eigenvalue weighted by Crippen LogP contribution is 2.30. The fourth-order valence-corrected chi connectivity index (χ4v) is 3.57. The molecule has 0 spiro atoms. The second kappa shape index (κ2) is 12.0. The third-order valence-electron chi connectivity index (χ3n) is 4.49. The Kier molecular flexibility index (Phi) is 9.66. The summed E-state index contributed by atoms with van der Waals surface area (Å²) < 4.78 is 5.52. The van der Waals surface area contributed by atoms with Gasteiger partial charge in [-0.3, -0.25) is 0 Å². The normalized spacial score (nSPS) is 11.0. The van der Waals surface area contributed by atoms with Gasteiger partial charge in [0, 0.05) is 23.5 Å². The Morgan fingerprint density at radius 3 is 2.31 bits per heavy atom. The molecule has 0 atom stereocenters. The maximum atomic E-state index is 13.2. The lowest BCUT2D eigenvalue weighted by Gasteiger charge is -2.28. The van der Waals surface area contributed by atoms with Gasteiger partial charge >= 0.3 is 12.1 Å². The minimum Gasteiger partial charge on any atom is -0.442 e. The first kappa shape index (κ1) is 28.9. The zero-order valence-electron chi connectivity index (χ0n) is 21.1. The van der Waals surface area contributed by atoms with Gasteiger partial charge in [0.2, 0.25) is 0 Å². The summed E-state index contributed by atoms with van der Waals surface area (Å²) >= 11 is 11.8. The molecule has 0 saturated carbocycles. The van der Waals surface area contributed by atoms with Crippen LogP contribution in [0.2, 0.25) is 10.3 Å². The SMILES string of the molecule is C=CCNc1nc(N(NC(=O)Nc2cc(Cl)nc(Cl)c2)C(=O)OC(C)(C)C)cc(C(C)C)c1C(C)=N. The van der Waals surface area contributed by atoms with Crippen molar-refractivity contribution in [2.45, 2.75) is 53.1 Å². The van der Waals surface area contributed by atoms with Gasteiger partial charge in [-0.05, 0) is 57.4 Å². The van der Waals surface area contributed by atoms with Crippen LogP contribution in [0.3, 0.4) is 0 Å². The molecule has 2 rings (SSSR count). The number of nitrogens with one attached hydrogen (secondary N) is 4. The summed E-state index contributed by atoms with van der Waals surface area (Å²) in [5.74, 6) is 0.430. The zero-order chi connectivity index (χ0) is 27.2. The van der Waals surface area contributed by atoms with Crippen LogP contribution in [-0.4, -0.2) is 39.9 Å². The minimum absolute atomic E-state index is 0.0262. The van der Waals surface area contributed by atoms with Crippen LogP contribution in [0.15, 0.2) is 30.9 Å². The van der Waals surface area contributed by atoms with Crippen molar-refractivity contribution in [1.82, 2.24) is 15.4 Å². The molecule has 0 bridgehead atoms. The Hall–Kier alpha value is -3.37. The first-order valence-corrected chi connectivity index (χ1v) is 11.9. The standard InChI is InChI=1S/C24H31Cl2N7O3/c1-8-9-28-21-20(14(4)27)16(13(2)3)12-19(31-21)33(23(35)36-24(5,6)7)32-22(34)29-15-10-17(25)30-18(26)11-15/h8,10-13,27H,1,9H2,2-7H3,(H,28,31)(H2,29,30,32,34). The minimum atomic E-state index is -0.861. The van der Waals surface area contributed by atoms with E-state index in [-0.39, 0.29) is 27.7 Å². The highest BCUT2D eigenvalue weighted by molar-refractivity contribution is 6.33. The smallest absolute Gasteiger partial charge is 0.435 e. The second-order valence-corrected chi connectivity index (χ2v) is 9.90. The van der Waals surface area contributed by atoms with E-state index in [1.807, 2.05) is 13.8 Å². The summed E-state index contributed by atoms with van der Waals surface area (Å²) in [6.45, 7) is 14.8. The van der Waals surface area contributed by atoms with E-state index in [0.29, 0.717) is 23.6 Å². The van der Waals surface area contributed by atoms with Crippen LogP contribution < -0.4 is 21.1 Å². The van der Waals surface area contributed by atoms with Crippen molar-refractivity contribution in [2.75, 3.05) is 22.2 Å². The zero-order valence-corrected chi connectivity index (χ0v) is 22.6. The quantitative estimate of drug-likeness (QED) is 0.141. The predicted octanol–water partition coefficient (Wildman–Crippen LogP) is 6.37. The van der Waals surface area contributed by atoms with Gasteiger partial charge in [-0.15, -0.1) is 6.58 Å². The molecule has 12 heteroatoms. The van der Waals surface area contributed by atoms with Crippen LogP contribution in [0.1, 0.15) is 58.6 Å². The van der Waals surface area contributed by atoms with Gasteiger partial charge in [-0.1, -0.05) is 43.1 Å². The topological polar surface area (TPSA) is 132 Å². The molecular formula is C24H31Cl2N7O3. The average molecular weight is 536 g/mol. The molecule has 0 aromatic carbocycles. The Morgan fingerprint density at radius 2 is 1.81 bits per heavy atom. The molecule has 3 amide bonds. The summed E-state index contributed by atoms with van der Waals surface area (Å²) in [6, 6.07) is 3.67. The van der Waals surface area contributed by atoms with Gasteiger partial charge in [0.15, 0.2) is 5.82 Å². The summed E-state index contributed by atoms with van der Waals surface area (Å²) in [7, 11) is 0. The molecule has 4 N–H and O–H groups in total. The van der Waals surface area contributed by atoms with Crippen LogP contribution in [0.25, 0.3) is 0 Å². The molecular weight excluding hydrogens is 505 g/mol. The van der Waals surface area contributed by atoms with E-state index in [0.717, 1.165) is 10.6 Å². The number of hydrogen-bond donors (Lipinski definition) is 4.